The molecule has 606 valence electrons. The molecule has 0 aliphatic rings. The molecule has 0 aliphatic carbocycles. The lowest BCUT2D eigenvalue weighted by Gasteiger charge is -2.31. The van der Waals surface area contributed by atoms with Crippen molar-refractivity contribution in [1.29, 1.82) is 0 Å². The second-order valence-corrected chi connectivity index (χ2v) is 33.3. The zero-order valence-corrected chi connectivity index (χ0v) is 68.4. The Labute approximate surface area is 607 Å². The number of Topliss-reactive ketones (excluding diaryl/α,β-unsaturated/α-hetero) is 8. The Morgan fingerprint density at radius 2 is 0.525 bits per heavy atom. The Morgan fingerprint density at radius 1 is 0.297 bits per heavy atom. The highest BCUT2D eigenvalue weighted by Gasteiger charge is 2.48. The number of nitrogens with two attached hydrogens (primary N) is 8. The Balaban J connectivity index is -0.000000163. The van der Waals surface area contributed by atoms with Crippen molar-refractivity contribution in [3.05, 3.63) is 0 Å². The smallest absolute Gasteiger partial charge is 0.322 e. The van der Waals surface area contributed by atoms with Crippen LogP contribution in [0.4, 0.5) is 39.5 Å². The lowest BCUT2D eigenvalue weighted by molar-refractivity contribution is -0.214. The minimum Gasteiger partial charge on any atom is -0.322 e. The van der Waals surface area contributed by atoms with Crippen molar-refractivity contribution >= 4 is 46.3 Å². The van der Waals surface area contributed by atoms with Gasteiger partial charge in [0.05, 0.1) is 53.7 Å². The third kappa shape index (κ3) is 58.3. The summed E-state index contributed by atoms with van der Waals surface area (Å²) in [7, 11) is 0. The molecule has 0 spiro atoms. The maximum atomic E-state index is 12.7. The summed E-state index contributed by atoms with van der Waals surface area (Å²) in [5.74, 6) is -0.191. The molecule has 0 aromatic carbocycles. The molecule has 0 saturated carbocycles. The van der Waals surface area contributed by atoms with Crippen LogP contribution in [0.3, 0.4) is 0 Å². The number of hydrogen-bond donors (Lipinski definition) is 8. The first-order chi connectivity index (χ1) is 44.9. The third-order valence-corrected chi connectivity index (χ3v) is 18.8. The van der Waals surface area contributed by atoms with Crippen LogP contribution in [0.25, 0.3) is 0 Å². The number of ketones is 8. The van der Waals surface area contributed by atoms with Gasteiger partial charge in [-0.05, 0) is 160 Å². The monoisotopic (exact) mass is 1480 g/mol. The van der Waals surface area contributed by atoms with Gasteiger partial charge in [-0.15, -0.1) is 0 Å². The number of hydrogen-bond acceptors (Lipinski definition) is 16. The molecule has 16 N–H and O–H groups in total. The molecule has 25 heteroatoms. The normalized spacial score (nSPS) is 15.7. The zero-order chi connectivity index (χ0) is 82.8. The van der Waals surface area contributed by atoms with Gasteiger partial charge in [-0.25, -0.2) is 26.3 Å². The van der Waals surface area contributed by atoms with Gasteiger partial charge in [0.2, 0.25) is 19.3 Å². The van der Waals surface area contributed by atoms with Crippen LogP contribution >= 0.6 is 0 Å². The van der Waals surface area contributed by atoms with Crippen molar-refractivity contribution in [2.24, 2.45) is 95.1 Å². The van der Waals surface area contributed by atoms with Gasteiger partial charge in [-0.3, -0.25) is 38.4 Å². The molecular formula is C76H151F9N8O8. The lowest BCUT2D eigenvalue weighted by Crippen LogP contribution is -2.41. The summed E-state index contributed by atoms with van der Waals surface area (Å²) >= 11 is 0. The molecule has 16 nitrogen and oxygen atoms in total. The van der Waals surface area contributed by atoms with Gasteiger partial charge in [0.25, 0.3) is 0 Å². The summed E-state index contributed by atoms with van der Waals surface area (Å²) in [6.07, 6.45) is 0.420. The number of carbonyl (C=O) groups is 8. The van der Waals surface area contributed by atoms with Gasteiger partial charge in [0.15, 0.2) is 0 Å². The molecule has 10 atom stereocenters. The SMILES string of the molecule is CC(=O)[C@@H](N)CC(C)(C)C(C)C.CC(=O)[C@@H](N)CC(C)(C)C(F)(F)F.CC(=O)[C@@H](N)CC(C)(C)C(F)F.CCC(C)(C)C[C@H](N)C(C)=O.CCCC(C)(C)C[C@H](N)C(C)=O.CCCCC(C)(C)C[C@H](N)C(C)=O.CCC[C@@](C)(C[C@H](N)C(C)=O)C(F)F.CCC[C@](C)(C[C@H](N)C(C)=O)C(F)F. The van der Waals surface area contributed by atoms with Crippen LogP contribution in [-0.2, 0) is 38.4 Å². The molecule has 0 heterocycles. The largest absolute Gasteiger partial charge is 0.394 e. The van der Waals surface area contributed by atoms with E-state index in [1.165, 1.54) is 68.2 Å². The molecule has 0 aromatic heterocycles. The summed E-state index contributed by atoms with van der Waals surface area (Å²) in [4.78, 5) is 86.7. The molecule has 0 bridgehead atoms. The first-order valence-electron chi connectivity index (χ1n) is 35.9. The van der Waals surface area contributed by atoms with Crippen molar-refractivity contribution in [2.75, 3.05) is 0 Å². The first-order valence-corrected chi connectivity index (χ1v) is 35.9. The van der Waals surface area contributed by atoms with Crippen molar-refractivity contribution in [1.82, 2.24) is 0 Å². The van der Waals surface area contributed by atoms with Gasteiger partial charge in [-0.1, -0.05) is 184 Å². The summed E-state index contributed by atoms with van der Waals surface area (Å²) in [6.45, 7) is 51.0. The fraction of sp³-hybridized carbons (Fsp3) is 0.895. The van der Waals surface area contributed by atoms with Crippen molar-refractivity contribution < 1.29 is 77.9 Å². The number of carbonyl (C=O) groups excluding carboxylic acids is 8. The Bertz CT molecular complexity index is 2240. The molecule has 0 rings (SSSR count). The van der Waals surface area contributed by atoms with Gasteiger partial charge < -0.3 is 45.9 Å². The zero-order valence-electron chi connectivity index (χ0n) is 68.4. The van der Waals surface area contributed by atoms with E-state index >= 15 is 0 Å². The van der Waals surface area contributed by atoms with E-state index in [2.05, 4.69) is 90.0 Å². The molecule has 0 amide bonds. The molecule has 0 aliphatic heterocycles. The van der Waals surface area contributed by atoms with E-state index in [1.807, 2.05) is 13.8 Å². The summed E-state index contributed by atoms with van der Waals surface area (Å²) < 4.78 is 112. The predicted octanol–water partition coefficient (Wildman–Crippen LogP) is 16.5. The van der Waals surface area contributed by atoms with E-state index in [0.29, 0.717) is 31.6 Å². The summed E-state index contributed by atoms with van der Waals surface area (Å²) in [6, 6.07) is -4.43. The number of rotatable bonds is 38. The van der Waals surface area contributed by atoms with Crippen LogP contribution in [-0.4, -0.2) is 120 Å². The highest BCUT2D eigenvalue weighted by molar-refractivity contribution is 5.83. The maximum Gasteiger partial charge on any atom is 0.394 e. The minimum atomic E-state index is -4.32. The quantitative estimate of drug-likeness (QED) is 0.0266. The van der Waals surface area contributed by atoms with Crippen LogP contribution in [0.15, 0.2) is 0 Å². The molecule has 0 unspecified atom stereocenters. The highest BCUT2D eigenvalue weighted by Crippen LogP contribution is 2.41. The van der Waals surface area contributed by atoms with E-state index < -0.39 is 77.1 Å². The Morgan fingerprint density at radius 3 is 0.733 bits per heavy atom. The Hall–Kier alpha value is -3.59. The van der Waals surface area contributed by atoms with Crippen molar-refractivity contribution in [3.8, 4) is 0 Å². The van der Waals surface area contributed by atoms with Crippen molar-refractivity contribution in [3.63, 3.8) is 0 Å². The molecule has 0 radical (unpaired) electrons. The fourth-order valence-corrected chi connectivity index (χ4v) is 9.49. The van der Waals surface area contributed by atoms with Crippen LogP contribution in [0.5, 0.6) is 0 Å². The topological polar surface area (TPSA) is 345 Å². The number of unbranched alkanes of at least 4 members (excludes halogenated alkanes) is 1. The molecule has 0 saturated heterocycles. The van der Waals surface area contributed by atoms with E-state index in [9.17, 15) is 77.9 Å². The van der Waals surface area contributed by atoms with Gasteiger partial charge in [0, 0.05) is 16.2 Å². The molecule has 0 fully saturated rings. The lowest BCUT2D eigenvalue weighted by atomic mass is 9.76. The first kappa shape index (κ1) is 113. The maximum absolute atomic E-state index is 12.7. The fourth-order valence-electron chi connectivity index (χ4n) is 9.49. The second kappa shape index (κ2) is 53.2. The van der Waals surface area contributed by atoms with Crippen LogP contribution in [0, 0.1) is 49.2 Å². The average molecular weight is 1480 g/mol. The van der Waals surface area contributed by atoms with E-state index in [0.717, 1.165) is 65.2 Å². The van der Waals surface area contributed by atoms with Crippen LogP contribution < -0.4 is 45.9 Å². The van der Waals surface area contributed by atoms with E-state index in [1.54, 1.807) is 27.7 Å². The summed E-state index contributed by atoms with van der Waals surface area (Å²) in [5.41, 5.74) is 39.8. The van der Waals surface area contributed by atoms with Crippen LogP contribution in [0.2, 0.25) is 0 Å². The Kier molecular flexibility index (Phi) is 59.7. The van der Waals surface area contributed by atoms with Crippen LogP contribution in [0.1, 0.15) is 316 Å². The second-order valence-electron chi connectivity index (χ2n) is 33.3. The highest BCUT2D eigenvalue weighted by atomic mass is 19.4. The molecule has 101 heavy (non-hydrogen) atoms. The molecular weight excluding hydrogens is 1320 g/mol. The minimum absolute atomic E-state index is 0.0278. The number of alkyl halides is 9. The standard InChI is InChI=1S/C11H23NO.2C10H19F2NO.2C10H21NO.C9H19NO.C8H14F3NO.C8H15F2NO/c1-5-6-7-11(3,4)8-10(12)9(2)13;2*1-4-5-10(3,9(11)12)6-8(13)7(2)14;1-7(2)10(4,5)6-9(11)8(3)12;1-5-6-10(3,4)7-9(11)8(2)12;1-5-9(3,4)6-8(10)7(2)11;1-5(13)6(12)4-7(2,3)8(9,10)11;1-5(12)6(11)4-8(2,3)7(9)10/h10H,5-8,12H2,1-4H3;2*8-9H,4-6,13H2,1-3H3;7,9H,6,11H2,1-5H3;9H,5-7,11H2,1-4H3;8H,5-6,10H2,1-4H3;6H,4,12H2,1-3H3;6-7H,4,11H2,1-3H3/t10-;8-,10+;8-,10-;2*9-;8-;2*6-/m00000000/s1. The van der Waals surface area contributed by atoms with Crippen molar-refractivity contribution in [2.45, 2.75) is 390 Å². The van der Waals surface area contributed by atoms with Gasteiger partial charge in [0.1, 0.15) is 46.3 Å². The van der Waals surface area contributed by atoms with Gasteiger partial charge in [-0.2, -0.15) is 13.2 Å². The van der Waals surface area contributed by atoms with E-state index in [4.69, 9.17) is 45.9 Å². The number of halogens is 9. The summed E-state index contributed by atoms with van der Waals surface area (Å²) in [5, 5.41) is 0. The average Bonchev–Trinajstić information content (AvgIpc) is 0.841. The third-order valence-electron chi connectivity index (χ3n) is 18.8. The van der Waals surface area contributed by atoms with E-state index in [-0.39, 0.29) is 112 Å². The predicted molar refractivity (Wildman–Crippen MR) is 399 cm³/mol. The molecule has 0 aromatic rings. The van der Waals surface area contributed by atoms with Gasteiger partial charge >= 0.3 is 6.18 Å².